The summed E-state index contributed by atoms with van der Waals surface area (Å²) < 4.78 is 26.9. The van der Waals surface area contributed by atoms with Crippen LogP contribution in [0.25, 0.3) is 21.8 Å². The van der Waals surface area contributed by atoms with Crippen LogP contribution in [0.3, 0.4) is 0 Å². The zero-order valence-corrected chi connectivity index (χ0v) is 12.8. The summed E-state index contributed by atoms with van der Waals surface area (Å²) in [4.78, 5) is 4.66. The van der Waals surface area contributed by atoms with Gasteiger partial charge in [-0.3, -0.25) is 0 Å². The highest BCUT2D eigenvalue weighted by atomic mass is 19.1. The fraction of sp³-hybridized carbons (Fsp3) is 0.0500. The van der Waals surface area contributed by atoms with E-state index in [1.54, 1.807) is 0 Å². The van der Waals surface area contributed by atoms with Crippen molar-refractivity contribution in [2.75, 3.05) is 5.32 Å². The van der Waals surface area contributed by atoms with Crippen molar-refractivity contribution in [3.8, 4) is 0 Å². The molecule has 0 spiro atoms. The van der Waals surface area contributed by atoms with Crippen LogP contribution in [0.2, 0.25) is 0 Å². The van der Waals surface area contributed by atoms with Crippen molar-refractivity contribution in [3.63, 3.8) is 0 Å². The topological polar surface area (TPSA) is 24.9 Å². The normalized spacial score (nSPS) is 11.1. The number of anilines is 1. The van der Waals surface area contributed by atoms with Crippen LogP contribution < -0.4 is 5.32 Å². The highest BCUT2D eigenvalue weighted by Crippen LogP contribution is 2.31. The minimum atomic E-state index is -0.573. The Bertz CT molecular complexity index is 990. The van der Waals surface area contributed by atoms with Gasteiger partial charge in [0.05, 0.1) is 16.7 Å². The fourth-order valence-corrected chi connectivity index (χ4v) is 2.88. The Balaban J connectivity index is 1.81. The van der Waals surface area contributed by atoms with Gasteiger partial charge in [0, 0.05) is 28.9 Å². The van der Waals surface area contributed by atoms with Crippen LogP contribution in [-0.4, -0.2) is 4.98 Å². The first-order chi connectivity index (χ1) is 11.7. The third-order valence-electron chi connectivity index (χ3n) is 4.06. The molecule has 0 atom stereocenters. The lowest BCUT2D eigenvalue weighted by Crippen LogP contribution is -2.04. The van der Waals surface area contributed by atoms with Crippen molar-refractivity contribution in [2.24, 2.45) is 0 Å². The molecular weight excluding hydrogens is 306 g/mol. The molecular formula is C20H14F2N2. The van der Waals surface area contributed by atoms with Crippen molar-refractivity contribution < 1.29 is 8.78 Å². The van der Waals surface area contributed by atoms with E-state index in [-0.39, 0.29) is 6.54 Å². The molecule has 0 aliphatic rings. The van der Waals surface area contributed by atoms with E-state index in [1.165, 1.54) is 12.1 Å². The standard InChI is InChI=1S/C20H14F2N2/c21-14-10-9-13(17(22)11-14)12-23-20-15-5-1-3-7-18(15)24-19-8-4-2-6-16(19)20/h1-11H,12H2,(H,23,24). The van der Waals surface area contributed by atoms with Gasteiger partial charge in [0.25, 0.3) is 0 Å². The Kier molecular flexibility index (Phi) is 3.58. The molecule has 0 saturated carbocycles. The molecule has 1 N–H and O–H groups in total. The van der Waals surface area contributed by atoms with Crippen LogP contribution in [0, 0.1) is 11.6 Å². The maximum atomic E-state index is 13.9. The van der Waals surface area contributed by atoms with Gasteiger partial charge in [-0.05, 0) is 18.2 Å². The molecule has 0 amide bonds. The number of para-hydroxylation sites is 2. The second-order valence-corrected chi connectivity index (χ2v) is 5.61. The van der Waals surface area contributed by atoms with Crippen LogP contribution >= 0.6 is 0 Å². The number of aromatic nitrogens is 1. The molecule has 1 aromatic heterocycles. The van der Waals surface area contributed by atoms with Crippen LogP contribution in [0.4, 0.5) is 14.5 Å². The smallest absolute Gasteiger partial charge is 0.131 e. The summed E-state index contributed by atoms with van der Waals surface area (Å²) in [5, 5.41) is 5.25. The Morgan fingerprint density at radius 2 is 1.42 bits per heavy atom. The summed E-state index contributed by atoms with van der Waals surface area (Å²) in [6.45, 7) is 0.268. The van der Waals surface area contributed by atoms with Gasteiger partial charge < -0.3 is 5.32 Å². The molecule has 24 heavy (non-hydrogen) atoms. The lowest BCUT2D eigenvalue weighted by atomic mass is 10.1. The van der Waals surface area contributed by atoms with Gasteiger partial charge in [-0.1, -0.05) is 42.5 Å². The van der Waals surface area contributed by atoms with E-state index in [9.17, 15) is 8.78 Å². The van der Waals surface area contributed by atoms with E-state index >= 15 is 0 Å². The number of hydrogen-bond donors (Lipinski definition) is 1. The summed E-state index contributed by atoms with van der Waals surface area (Å²) >= 11 is 0. The van der Waals surface area contributed by atoms with Crippen molar-refractivity contribution in [1.29, 1.82) is 0 Å². The predicted molar refractivity (Wildman–Crippen MR) is 92.9 cm³/mol. The lowest BCUT2D eigenvalue weighted by Gasteiger charge is -2.13. The Labute approximate surface area is 137 Å². The van der Waals surface area contributed by atoms with E-state index < -0.39 is 11.6 Å². The molecule has 118 valence electrons. The molecule has 0 fully saturated rings. The van der Waals surface area contributed by atoms with Crippen LogP contribution in [0.1, 0.15) is 5.56 Å². The highest BCUT2D eigenvalue weighted by Gasteiger charge is 2.10. The third kappa shape index (κ3) is 2.56. The van der Waals surface area contributed by atoms with Crippen molar-refractivity contribution >= 4 is 27.5 Å². The zero-order valence-electron chi connectivity index (χ0n) is 12.8. The summed E-state index contributed by atoms with van der Waals surface area (Å²) in [5.41, 5.74) is 3.07. The number of halogens is 2. The fourth-order valence-electron chi connectivity index (χ4n) is 2.88. The first-order valence-electron chi connectivity index (χ1n) is 7.68. The first-order valence-corrected chi connectivity index (χ1v) is 7.68. The van der Waals surface area contributed by atoms with Gasteiger partial charge in [0.15, 0.2) is 0 Å². The van der Waals surface area contributed by atoms with Gasteiger partial charge in [-0.2, -0.15) is 0 Å². The van der Waals surface area contributed by atoms with E-state index in [4.69, 9.17) is 0 Å². The summed E-state index contributed by atoms with van der Waals surface area (Å²) in [6.07, 6.45) is 0. The first kappa shape index (κ1) is 14.6. The minimum Gasteiger partial charge on any atom is -0.380 e. The van der Waals surface area contributed by atoms with Crippen molar-refractivity contribution in [2.45, 2.75) is 6.54 Å². The van der Waals surface area contributed by atoms with Gasteiger partial charge in [-0.15, -0.1) is 0 Å². The van der Waals surface area contributed by atoms with Crippen LogP contribution in [0.15, 0.2) is 66.7 Å². The van der Waals surface area contributed by atoms with Crippen LogP contribution in [-0.2, 0) is 6.54 Å². The predicted octanol–water partition coefficient (Wildman–Crippen LogP) is 5.28. The molecule has 1 heterocycles. The van der Waals surface area contributed by atoms with Gasteiger partial charge in [0.1, 0.15) is 11.6 Å². The van der Waals surface area contributed by atoms with E-state index in [2.05, 4.69) is 10.3 Å². The molecule has 3 aromatic carbocycles. The number of nitrogens with zero attached hydrogens (tertiary/aromatic N) is 1. The second kappa shape index (κ2) is 5.89. The summed E-state index contributed by atoms with van der Waals surface area (Å²) in [7, 11) is 0. The van der Waals surface area contributed by atoms with Crippen molar-refractivity contribution in [1.82, 2.24) is 4.98 Å². The molecule has 0 aliphatic heterocycles. The molecule has 4 heteroatoms. The molecule has 2 nitrogen and oxygen atoms in total. The van der Waals surface area contributed by atoms with Gasteiger partial charge >= 0.3 is 0 Å². The average molecular weight is 320 g/mol. The summed E-state index contributed by atoms with van der Waals surface area (Å²) in [5.74, 6) is -1.12. The van der Waals surface area contributed by atoms with Crippen LogP contribution in [0.5, 0.6) is 0 Å². The quantitative estimate of drug-likeness (QED) is 0.520. The maximum absolute atomic E-state index is 13.9. The number of rotatable bonds is 3. The molecule has 0 radical (unpaired) electrons. The SMILES string of the molecule is Fc1ccc(CNc2c3ccccc3nc3ccccc23)c(F)c1. The number of pyridine rings is 1. The Morgan fingerprint density at radius 1 is 0.792 bits per heavy atom. The average Bonchev–Trinajstić information content (AvgIpc) is 2.60. The third-order valence-corrected chi connectivity index (χ3v) is 4.06. The number of hydrogen-bond acceptors (Lipinski definition) is 2. The lowest BCUT2D eigenvalue weighted by molar-refractivity contribution is 0.574. The Morgan fingerprint density at radius 3 is 2.04 bits per heavy atom. The van der Waals surface area contributed by atoms with Crippen molar-refractivity contribution in [3.05, 3.63) is 83.9 Å². The Hall–Kier alpha value is -3.01. The van der Waals surface area contributed by atoms with Gasteiger partial charge in [-0.25, -0.2) is 13.8 Å². The molecule has 0 bridgehead atoms. The minimum absolute atomic E-state index is 0.268. The van der Waals surface area contributed by atoms with E-state index in [0.717, 1.165) is 33.6 Å². The largest absolute Gasteiger partial charge is 0.380 e. The number of nitrogens with one attached hydrogen (secondary N) is 1. The maximum Gasteiger partial charge on any atom is 0.131 e. The molecule has 0 saturated heterocycles. The monoisotopic (exact) mass is 320 g/mol. The zero-order chi connectivity index (χ0) is 16.5. The van der Waals surface area contributed by atoms with E-state index in [0.29, 0.717) is 5.56 Å². The van der Waals surface area contributed by atoms with Gasteiger partial charge in [0.2, 0.25) is 0 Å². The second-order valence-electron chi connectivity index (χ2n) is 5.61. The number of fused-ring (bicyclic) bond motifs is 2. The molecule has 0 unspecified atom stereocenters. The molecule has 0 aliphatic carbocycles. The molecule has 4 aromatic rings. The van der Waals surface area contributed by atoms with E-state index in [1.807, 2.05) is 48.5 Å². The highest BCUT2D eigenvalue weighted by molar-refractivity contribution is 6.07. The summed E-state index contributed by atoms with van der Waals surface area (Å²) in [6, 6.07) is 19.3. The molecule has 4 rings (SSSR count). The number of benzene rings is 3.